The SMILES string of the molecule is Cc1ccc(C(=O)NCC2CCCN2)cc1S(C)(=O)=O. The Kier molecular flexibility index (Phi) is 4.45. The number of carbonyl (C=O) groups is 1. The highest BCUT2D eigenvalue weighted by Gasteiger charge is 2.17. The van der Waals surface area contributed by atoms with Gasteiger partial charge in [0.25, 0.3) is 5.91 Å². The van der Waals surface area contributed by atoms with Crippen molar-refractivity contribution in [3.63, 3.8) is 0 Å². The van der Waals surface area contributed by atoms with E-state index in [9.17, 15) is 13.2 Å². The fraction of sp³-hybridized carbons (Fsp3) is 0.500. The van der Waals surface area contributed by atoms with Gasteiger partial charge in [-0.3, -0.25) is 4.79 Å². The van der Waals surface area contributed by atoms with E-state index in [1.54, 1.807) is 19.1 Å². The minimum Gasteiger partial charge on any atom is -0.350 e. The lowest BCUT2D eigenvalue weighted by atomic mass is 10.1. The molecule has 0 aliphatic carbocycles. The first-order chi connectivity index (χ1) is 9.38. The molecule has 0 spiro atoms. The third kappa shape index (κ3) is 3.58. The average molecular weight is 296 g/mol. The van der Waals surface area contributed by atoms with Crippen molar-refractivity contribution < 1.29 is 13.2 Å². The minimum absolute atomic E-state index is 0.212. The molecule has 1 aromatic carbocycles. The minimum atomic E-state index is -3.31. The summed E-state index contributed by atoms with van der Waals surface area (Å²) in [6.45, 7) is 3.28. The van der Waals surface area contributed by atoms with E-state index >= 15 is 0 Å². The second-order valence-electron chi connectivity index (χ2n) is 5.26. The monoisotopic (exact) mass is 296 g/mol. The summed E-state index contributed by atoms with van der Waals surface area (Å²) in [5.74, 6) is -0.233. The third-order valence-corrected chi connectivity index (χ3v) is 4.76. The molecule has 0 aromatic heterocycles. The van der Waals surface area contributed by atoms with Crippen LogP contribution in [0.1, 0.15) is 28.8 Å². The molecule has 0 saturated carbocycles. The molecule has 2 rings (SSSR count). The number of carbonyl (C=O) groups excluding carboxylic acids is 1. The number of hydrogen-bond donors (Lipinski definition) is 2. The molecule has 110 valence electrons. The van der Waals surface area contributed by atoms with Crippen LogP contribution < -0.4 is 10.6 Å². The molecule has 5 nitrogen and oxygen atoms in total. The summed E-state index contributed by atoms with van der Waals surface area (Å²) >= 11 is 0. The normalized spacial score (nSPS) is 19.0. The molecular formula is C14H20N2O3S. The van der Waals surface area contributed by atoms with Crippen molar-refractivity contribution in [1.29, 1.82) is 0 Å². The zero-order chi connectivity index (χ0) is 14.8. The van der Waals surface area contributed by atoms with Crippen LogP contribution in [0, 0.1) is 6.92 Å². The molecule has 1 fully saturated rings. The Morgan fingerprint density at radius 1 is 1.45 bits per heavy atom. The van der Waals surface area contributed by atoms with Gasteiger partial charge < -0.3 is 10.6 Å². The van der Waals surface area contributed by atoms with Crippen molar-refractivity contribution in [3.05, 3.63) is 29.3 Å². The van der Waals surface area contributed by atoms with E-state index in [0.29, 0.717) is 23.7 Å². The largest absolute Gasteiger partial charge is 0.350 e. The van der Waals surface area contributed by atoms with E-state index in [4.69, 9.17) is 0 Å². The molecular weight excluding hydrogens is 276 g/mol. The third-order valence-electron chi connectivity index (χ3n) is 3.52. The predicted octanol–water partition coefficient (Wildman–Crippen LogP) is 0.880. The maximum Gasteiger partial charge on any atom is 0.251 e. The van der Waals surface area contributed by atoms with Gasteiger partial charge in [-0.05, 0) is 44.0 Å². The lowest BCUT2D eigenvalue weighted by Crippen LogP contribution is -2.37. The Bertz CT molecular complexity index is 605. The number of amides is 1. The highest BCUT2D eigenvalue weighted by Crippen LogP contribution is 2.17. The van der Waals surface area contributed by atoms with Gasteiger partial charge in [-0.25, -0.2) is 8.42 Å². The van der Waals surface area contributed by atoms with Crippen LogP contribution >= 0.6 is 0 Å². The number of rotatable bonds is 4. The molecule has 20 heavy (non-hydrogen) atoms. The Hall–Kier alpha value is -1.40. The number of hydrogen-bond acceptors (Lipinski definition) is 4. The summed E-state index contributed by atoms with van der Waals surface area (Å²) in [5.41, 5.74) is 1.04. The highest BCUT2D eigenvalue weighted by molar-refractivity contribution is 7.90. The van der Waals surface area contributed by atoms with E-state index < -0.39 is 9.84 Å². The number of benzene rings is 1. The molecule has 1 unspecified atom stereocenters. The first kappa shape index (κ1) is 15.0. The Labute approximate surface area is 119 Å². The van der Waals surface area contributed by atoms with Crippen LogP contribution in [0.25, 0.3) is 0 Å². The lowest BCUT2D eigenvalue weighted by molar-refractivity contribution is 0.0950. The molecule has 2 N–H and O–H groups in total. The topological polar surface area (TPSA) is 75.3 Å². The van der Waals surface area contributed by atoms with Crippen LogP contribution in [-0.2, 0) is 9.84 Å². The van der Waals surface area contributed by atoms with E-state index in [-0.39, 0.29) is 10.8 Å². The number of nitrogens with one attached hydrogen (secondary N) is 2. The lowest BCUT2D eigenvalue weighted by Gasteiger charge is -2.12. The molecule has 6 heteroatoms. The average Bonchev–Trinajstić information content (AvgIpc) is 2.88. The van der Waals surface area contributed by atoms with Crippen LogP contribution in [0.4, 0.5) is 0 Å². The number of sulfone groups is 1. The Morgan fingerprint density at radius 3 is 2.80 bits per heavy atom. The van der Waals surface area contributed by atoms with Gasteiger partial charge in [0.15, 0.2) is 9.84 Å². The summed E-state index contributed by atoms with van der Waals surface area (Å²) in [6, 6.07) is 5.08. The zero-order valence-electron chi connectivity index (χ0n) is 11.8. The van der Waals surface area contributed by atoms with Crippen LogP contribution in [-0.4, -0.2) is 39.7 Å². The maximum atomic E-state index is 12.1. The van der Waals surface area contributed by atoms with Crippen molar-refractivity contribution in [2.24, 2.45) is 0 Å². The summed E-state index contributed by atoms with van der Waals surface area (Å²) < 4.78 is 23.3. The second-order valence-corrected chi connectivity index (χ2v) is 7.24. The first-order valence-electron chi connectivity index (χ1n) is 6.70. The van der Waals surface area contributed by atoms with Crippen molar-refractivity contribution >= 4 is 15.7 Å². The molecule has 1 amide bonds. The summed E-state index contributed by atoms with van der Waals surface area (Å²) in [4.78, 5) is 12.3. The van der Waals surface area contributed by atoms with Gasteiger partial charge in [0, 0.05) is 24.4 Å². The van der Waals surface area contributed by atoms with Gasteiger partial charge >= 0.3 is 0 Å². The molecule has 1 saturated heterocycles. The van der Waals surface area contributed by atoms with Crippen LogP contribution in [0.15, 0.2) is 23.1 Å². The fourth-order valence-corrected chi connectivity index (χ4v) is 3.38. The predicted molar refractivity (Wildman–Crippen MR) is 77.6 cm³/mol. The van der Waals surface area contributed by atoms with E-state index in [1.807, 2.05) is 0 Å². The molecule has 0 radical (unpaired) electrons. The molecule has 0 bridgehead atoms. The molecule has 1 aliphatic heterocycles. The van der Waals surface area contributed by atoms with Crippen LogP contribution in [0.2, 0.25) is 0 Å². The van der Waals surface area contributed by atoms with E-state index in [1.165, 1.54) is 6.07 Å². The van der Waals surface area contributed by atoms with Crippen molar-refractivity contribution in [1.82, 2.24) is 10.6 Å². The summed E-state index contributed by atoms with van der Waals surface area (Å²) in [5, 5.41) is 6.14. The van der Waals surface area contributed by atoms with Gasteiger partial charge in [0.05, 0.1) is 4.90 Å². The van der Waals surface area contributed by atoms with Gasteiger partial charge in [0.1, 0.15) is 0 Å². The molecule has 1 aromatic rings. The quantitative estimate of drug-likeness (QED) is 0.865. The van der Waals surface area contributed by atoms with Crippen LogP contribution in [0.3, 0.4) is 0 Å². The van der Waals surface area contributed by atoms with E-state index in [0.717, 1.165) is 25.6 Å². The van der Waals surface area contributed by atoms with E-state index in [2.05, 4.69) is 10.6 Å². The van der Waals surface area contributed by atoms with Gasteiger partial charge in [-0.15, -0.1) is 0 Å². The smallest absolute Gasteiger partial charge is 0.251 e. The Balaban J connectivity index is 2.10. The second kappa shape index (κ2) is 5.93. The van der Waals surface area contributed by atoms with Gasteiger partial charge in [0.2, 0.25) is 0 Å². The van der Waals surface area contributed by atoms with Gasteiger partial charge in [-0.2, -0.15) is 0 Å². The molecule has 1 heterocycles. The van der Waals surface area contributed by atoms with Crippen molar-refractivity contribution in [2.45, 2.75) is 30.7 Å². The highest BCUT2D eigenvalue weighted by atomic mass is 32.2. The Morgan fingerprint density at radius 2 is 2.20 bits per heavy atom. The van der Waals surface area contributed by atoms with Gasteiger partial charge in [-0.1, -0.05) is 6.07 Å². The van der Waals surface area contributed by atoms with Crippen LogP contribution in [0.5, 0.6) is 0 Å². The standard InChI is InChI=1S/C14H20N2O3S/c1-10-5-6-11(8-13(10)20(2,18)19)14(17)16-9-12-4-3-7-15-12/h5-6,8,12,15H,3-4,7,9H2,1-2H3,(H,16,17). The zero-order valence-corrected chi connectivity index (χ0v) is 12.6. The summed E-state index contributed by atoms with van der Waals surface area (Å²) in [6.07, 6.45) is 3.34. The molecule has 1 atom stereocenters. The van der Waals surface area contributed by atoms with Crippen molar-refractivity contribution in [3.8, 4) is 0 Å². The fourth-order valence-electron chi connectivity index (χ4n) is 2.39. The van der Waals surface area contributed by atoms with Crippen molar-refractivity contribution in [2.75, 3.05) is 19.3 Å². The first-order valence-corrected chi connectivity index (χ1v) is 8.59. The molecule has 1 aliphatic rings. The maximum absolute atomic E-state index is 12.1. The number of aryl methyl sites for hydroxylation is 1. The summed E-state index contributed by atoms with van der Waals surface area (Å²) in [7, 11) is -3.31.